The monoisotopic (exact) mass is 287 g/mol. The van der Waals surface area contributed by atoms with Gasteiger partial charge in [-0.3, -0.25) is 0 Å². The summed E-state index contributed by atoms with van der Waals surface area (Å²) in [6.45, 7) is 6.30. The van der Waals surface area contributed by atoms with Crippen molar-refractivity contribution in [1.29, 1.82) is 0 Å². The highest BCUT2D eigenvalue weighted by molar-refractivity contribution is 7.10. The maximum absolute atomic E-state index is 5.51. The molecule has 104 valence electrons. The van der Waals surface area contributed by atoms with Crippen LogP contribution in [0.15, 0.2) is 40.6 Å². The molecule has 0 fully saturated rings. The van der Waals surface area contributed by atoms with Crippen LogP contribution >= 0.6 is 11.3 Å². The Hall–Kier alpha value is -1.88. The predicted octanol–water partition coefficient (Wildman–Crippen LogP) is 4.33. The molecule has 1 atom stereocenters. The molecule has 0 N–H and O–H groups in total. The molecule has 0 unspecified atom stereocenters. The van der Waals surface area contributed by atoms with Crippen LogP contribution in [0.4, 0.5) is 0 Å². The van der Waals surface area contributed by atoms with Crippen LogP contribution in [0, 0.1) is 0 Å². The molecule has 0 radical (unpaired) electrons. The van der Waals surface area contributed by atoms with Crippen molar-refractivity contribution in [3.63, 3.8) is 0 Å². The molecule has 0 spiro atoms. The number of hydrogen-bond donors (Lipinski definition) is 0. The number of oxazole rings is 1. The lowest BCUT2D eigenvalue weighted by Crippen LogP contribution is -2.06. The Balaban J connectivity index is 1.97. The maximum atomic E-state index is 5.51. The van der Waals surface area contributed by atoms with Crippen molar-refractivity contribution in [2.45, 2.75) is 32.7 Å². The van der Waals surface area contributed by atoms with Gasteiger partial charge in [0.1, 0.15) is 12.0 Å². The number of thiophene rings is 1. The number of imidazole rings is 1. The summed E-state index contributed by atoms with van der Waals surface area (Å²) in [5, 5.41) is 2.09. The average Bonchev–Trinajstić information content (AvgIpc) is 3.17. The quantitative estimate of drug-likeness (QED) is 0.717. The molecule has 0 aliphatic rings. The fourth-order valence-electron chi connectivity index (χ4n) is 2.15. The van der Waals surface area contributed by atoms with Gasteiger partial charge in [0.2, 0.25) is 0 Å². The summed E-state index contributed by atoms with van der Waals surface area (Å²) in [4.78, 5) is 10.3. The molecule has 5 heteroatoms. The molecule has 0 aliphatic carbocycles. The Labute approximate surface area is 122 Å². The van der Waals surface area contributed by atoms with Gasteiger partial charge in [0, 0.05) is 23.2 Å². The normalized spacial score (nSPS) is 13.0. The zero-order valence-electron chi connectivity index (χ0n) is 11.8. The van der Waals surface area contributed by atoms with Crippen LogP contribution in [0.2, 0.25) is 0 Å². The van der Waals surface area contributed by atoms with E-state index in [4.69, 9.17) is 4.42 Å². The van der Waals surface area contributed by atoms with Crippen molar-refractivity contribution in [1.82, 2.24) is 14.5 Å². The van der Waals surface area contributed by atoms with E-state index in [-0.39, 0.29) is 12.0 Å². The third-order valence-electron chi connectivity index (χ3n) is 3.29. The Morgan fingerprint density at radius 2 is 2.15 bits per heavy atom. The second-order valence-corrected chi connectivity index (χ2v) is 6.05. The van der Waals surface area contributed by atoms with E-state index in [1.165, 1.54) is 4.88 Å². The van der Waals surface area contributed by atoms with E-state index < -0.39 is 0 Å². The minimum absolute atomic E-state index is 0.242. The van der Waals surface area contributed by atoms with Gasteiger partial charge in [-0.15, -0.1) is 11.3 Å². The Kier molecular flexibility index (Phi) is 3.44. The third kappa shape index (κ3) is 2.29. The average molecular weight is 287 g/mol. The van der Waals surface area contributed by atoms with E-state index in [9.17, 15) is 0 Å². The molecular weight excluding hydrogens is 270 g/mol. The summed E-state index contributed by atoms with van der Waals surface area (Å²) < 4.78 is 7.65. The zero-order chi connectivity index (χ0) is 14.1. The highest BCUT2D eigenvalue weighted by atomic mass is 32.1. The fraction of sp³-hybridized carbons (Fsp3) is 0.333. The molecule has 20 heavy (non-hydrogen) atoms. The SMILES string of the molecule is CC(C)c1nc(-c2nccn2[C@@H](C)c2cccs2)co1. The van der Waals surface area contributed by atoms with E-state index in [1.54, 1.807) is 17.6 Å². The van der Waals surface area contributed by atoms with Crippen LogP contribution < -0.4 is 0 Å². The summed E-state index contributed by atoms with van der Waals surface area (Å²) in [5.74, 6) is 1.88. The van der Waals surface area contributed by atoms with Gasteiger partial charge in [0.05, 0.1) is 6.04 Å². The molecule has 0 amide bonds. The van der Waals surface area contributed by atoms with Gasteiger partial charge in [-0.2, -0.15) is 0 Å². The van der Waals surface area contributed by atoms with Crippen LogP contribution in [0.3, 0.4) is 0 Å². The number of rotatable bonds is 4. The minimum atomic E-state index is 0.242. The van der Waals surface area contributed by atoms with Crippen LogP contribution in [0.1, 0.15) is 43.5 Å². The van der Waals surface area contributed by atoms with Crippen molar-refractivity contribution in [2.24, 2.45) is 0 Å². The van der Waals surface area contributed by atoms with Gasteiger partial charge in [-0.25, -0.2) is 9.97 Å². The molecule has 3 aromatic rings. The lowest BCUT2D eigenvalue weighted by Gasteiger charge is -2.13. The van der Waals surface area contributed by atoms with Gasteiger partial charge in [-0.05, 0) is 18.4 Å². The van der Waals surface area contributed by atoms with Gasteiger partial charge in [-0.1, -0.05) is 19.9 Å². The fourth-order valence-corrected chi connectivity index (χ4v) is 2.93. The summed E-state index contributed by atoms with van der Waals surface area (Å²) in [6, 6.07) is 4.45. The van der Waals surface area contributed by atoms with Crippen LogP contribution in [-0.4, -0.2) is 14.5 Å². The van der Waals surface area contributed by atoms with E-state index in [2.05, 4.69) is 52.8 Å². The van der Waals surface area contributed by atoms with Crippen LogP contribution in [0.5, 0.6) is 0 Å². The molecule has 4 nitrogen and oxygen atoms in total. The van der Waals surface area contributed by atoms with Crippen molar-refractivity contribution >= 4 is 11.3 Å². The van der Waals surface area contributed by atoms with Crippen molar-refractivity contribution in [2.75, 3.05) is 0 Å². The minimum Gasteiger partial charge on any atom is -0.448 e. The number of aromatic nitrogens is 3. The van der Waals surface area contributed by atoms with Crippen molar-refractivity contribution in [3.05, 3.63) is 46.9 Å². The van der Waals surface area contributed by atoms with Crippen LogP contribution in [0.25, 0.3) is 11.5 Å². The molecule has 0 aliphatic heterocycles. The first kappa shape index (κ1) is 13.1. The molecule has 3 rings (SSSR count). The zero-order valence-corrected chi connectivity index (χ0v) is 12.6. The molecule has 0 bridgehead atoms. The molecule has 3 aromatic heterocycles. The van der Waals surface area contributed by atoms with E-state index >= 15 is 0 Å². The first-order chi connectivity index (χ1) is 9.66. The topological polar surface area (TPSA) is 43.9 Å². The molecule has 0 saturated heterocycles. The maximum Gasteiger partial charge on any atom is 0.197 e. The summed E-state index contributed by atoms with van der Waals surface area (Å²) in [6.07, 6.45) is 5.49. The summed E-state index contributed by atoms with van der Waals surface area (Å²) in [7, 11) is 0. The van der Waals surface area contributed by atoms with Crippen molar-refractivity contribution < 1.29 is 4.42 Å². The lowest BCUT2D eigenvalue weighted by molar-refractivity contribution is 0.471. The number of nitrogens with zero attached hydrogens (tertiary/aromatic N) is 3. The Morgan fingerprint density at radius 1 is 1.30 bits per heavy atom. The predicted molar refractivity (Wildman–Crippen MR) is 79.9 cm³/mol. The largest absolute Gasteiger partial charge is 0.448 e. The van der Waals surface area contributed by atoms with Crippen molar-refractivity contribution in [3.8, 4) is 11.5 Å². The third-order valence-corrected chi connectivity index (χ3v) is 4.33. The van der Waals surface area contributed by atoms with E-state index in [1.807, 2.05) is 12.4 Å². The Bertz CT molecular complexity index is 682. The van der Waals surface area contributed by atoms with E-state index in [0.29, 0.717) is 0 Å². The molecule has 3 heterocycles. The summed E-state index contributed by atoms with van der Waals surface area (Å²) >= 11 is 1.75. The van der Waals surface area contributed by atoms with Gasteiger partial charge in [0.15, 0.2) is 11.7 Å². The van der Waals surface area contributed by atoms with Crippen LogP contribution in [-0.2, 0) is 0 Å². The smallest absolute Gasteiger partial charge is 0.197 e. The van der Waals surface area contributed by atoms with Gasteiger partial charge < -0.3 is 8.98 Å². The highest BCUT2D eigenvalue weighted by Crippen LogP contribution is 2.28. The molecule has 0 aromatic carbocycles. The Morgan fingerprint density at radius 3 is 2.80 bits per heavy atom. The highest BCUT2D eigenvalue weighted by Gasteiger charge is 2.17. The number of hydrogen-bond acceptors (Lipinski definition) is 4. The van der Waals surface area contributed by atoms with Gasteiger partial charge >= 0.3 is 0 Å². The molecular formula is C15H17N3OS. The summed E-state index contributed by atoms with van der Waals surface area (Å²) in [5.41, 5.74) is 0.794. The van der Waals surface area contributed by atoms with Gasteiger partial charge in [0.25, 0.3) is 0 Å². The first-order valence-corrected chi connectivity index (χ1v) is 7.57. The van der Waals surface area contributed by atoms with E-state index in [0.717, 1.165) is 17.4 Å². The first-order valence-electron chi connectivity index (χ1n) is 6.69. The standard InChI is InChI=1S/C15H17N3OS/c1-10(2)15-17-12(9-19-15)14-16-6-7-18(14)11(3)13-5-4-8-20-13/h4-11H,1-3H3/t11-/m0/s1. The second-order valence-electron chi connectivity index (χ2n) is 5.08. The lowest BCUT2D eigenvalue weighted by atomic mass is 10.2. The molecule has 0 saturated carbocycles. The second kappa shape index (κ2) is 5.25.